The van der Waals surface area contributed by atoms with Gasteiger partial charge in [0.05, 0.1) is 27.9 Å². The summed E-state index contributed by atoms with van der Waals surface area (Å²) in [6.45, 7) is -0.391. The standard InChI is InChI=1S/C10H13BrClFN2O4S/c1-19-4-5(16)3-15-20(17,18)7-2-6(12)8(11)10(14)9(7)13/h2,5,15-16H,3-4,14H2,1H3. The minimum absolute atomic E-state index is 0.0401. The van der Waals surface area contributed by atoms with Gasteiger partial charge in [-0.1, -0.05) is 11.6 Å². The van der Waals surface area contributed by atoms with Crippen LogP contribution < -0.4 is 10.5 Å². The molecule has 0 saturated heterocycles. The van der Waals surface area contributed by atoms with E-state index in [1.54, 1.807) is 0 Å². The monoisotopic (exact) mass is 390 g/mol. The first-order valence-corrected chi connectivity index (χ1v) is 7.95. The van der Waals surface area contributed by atoms with Crippen LogP contribution in [0.1, 0.15) is 0 Å². The molecule has 0 aliphatic heterocycles. The van der Waals surface area contributed by atoms with Crippen LogP contribution in [0.15, 0.2) is 15.4 Å². The third kappa shape index (κ3) is 4.03. The lowest BCUT2D eigenvalue weighted by molar-refractivity contribution is 0.0679. The van der Waals surface area contributed by atoms with E-state index in [4.69, 9.17) is 17.3 Å². The molecule has 114 valence electrons. The van der Waals surface area contributed by atoms with Gasteiger partial charge < -0.3 is 15.6 Å². The number of ether oxygens (including phenoxy) is 1. The summed E-state index contributed by atoms with van der Waals surface area (Å²) in [4.78, 5) is -0.687. The highest BCUT2D eigenvalue weighted by atomic mass is 79.9. The lowest BCUT2D eigenvalue weighted by Gasteiger charge is -2.13. The zero-order chi connectivity index (χ0) is 15.5. The molecule has 0 aliphatic rings. The van der Waals surface area contributed by atoms with E-state index in [0.717, 1.165) is 6.07 Å². The van der Waals surface area contributed by atoms with Gasteiger partial charge in [-0.15, -0.1) is 0 Å². The van der Waals surface area contributed by atoms with Crippen molar-refractivity contribution >= 4 is 43.2 Å². The van der Waals surface area contributed by atoms with Crippen molar-refractivity contribution in [3.63, 3.8) is 0 Å². The van der Waals surface area contributed by atoms with Crippen molar-refractivity contribution in [2.75, 3.05) is 26.0 Å². The van der Waals surface area contributed by atoms with Gasteiger partial charge in [-0.25, -0.2) is 17.5 Å². The van der Waals surface area contributed by atoms with E-state index in [1.807, 2.05) is 4.72 Å². The van der Waals surface area contributed by atoms with Crippen molar-refractivity contribution in [3.05, 3.63) is 21.4 Å². The molecule has 0 radical (unpaired) electrons. The number of nitrogen functional groups attached to an aromatic ring is 1. The second kappa shape index (κ2) is 7.01. The number of aliphatic hydroxyl groups is 1. The third-order valence-electron chi connectivity index (χ3n) is 2.31. The topological polar surface area (TPSA) is 102 Å². The molecule has 0 amide bonds. The number of halogens is 3. The summed E-state index contributed by atoms with van der Waals surface area (Å²) in [6, 6.07) is 0.933. The van der Waals surface area contributed by atoms with Crippen molar-refractivity contribution in [1.82, 2.24) is 4.72 Å². The molecule has 1 aromatic carbocycles. The highest BCUT2D eigenvalue weighted by Gasteiger charge is 2.24. The first kappa shape index (κ1) is 17.6. The highest BCUT2D eigenvalue weighted by molar-refractivity contribution is 9.10. The smallest absolute Gasteiger partial charge is 0.243 e. The average molecular weight is 392 g/mol. The Morgan fingerprint density at radius 2 is 2.25 bits per heavy atom. The first-order chi connectivity index (χ1) is 9.20. The Labute approximate surface area is 129 Å². The molecule has 10 heteroatoms. The molecule has 1 aromatic rings. The average Bonchev–Trinajstić information content (AvgIpc) is 2.38. The van der Waals surface area contributed by atoms with Gasteiger partial charge >= 0.3 is 0 Å². The number of anilines is 1. The SMILES string of the molecule is COCC(O)CNS(=O)(=O)c1cc(Cl)c(Br)c(N)c1F. The summed E-state index contributed by atoms with van der Waals surface area (Å²) < 4.78 is 44.6. The number of nitrogens with one attached hydrogen (secondary N) is 1. The lowest BCUT2D eigenvalue weighted by Crippen LogP contribution is -2.34. The molecule has 1 atom stereocenters. The van der Waals surface area contributed by atoms with Gasteiger partial charge in [0.25, 0.3) is 0 Å². The fraction of sp³-hybridized carbons (Fsp3) is 0.400. The molecule has 1 unspecified atom stereocenters. The molecule has 0 bridgehead atoms. The first-order valence-electron chi connectivity index (χ1n) is 5.30. The van der Waals surface area contributed by atoms with Crippen LogP contribution in [0.4, 0.5) is 10.1 Å². The Morgan fingerprint density at radius 3 is 2.80 bits per heavy atom. The maximum absolute atomic E-state index is 13.9. The van der Waals surface area contributed by atoms with Gasteiger partial charge in [-0.05, 0) is 22.0 Å². The number of benzene rings is 1. The fourth-order valence-corrected chi connectivity index (χ4v) is 3.08. The Bertz CT molecular complexity index is 599. The fourth-order valence-electron chi connectivity index (χ4n) is 1.33. The minimum atomic E-state index is -4.19. The largest absolute Gasteiger partial charge is 0.395 e. The molecule has 1 rings (SSSR count). The van der Waals surface area contributed by atoms with E-state index in [2.05, 4.69) is 20.7 Å². The maximum atomic E-state index is 13.9. The summed E-state index contributed by atoms with van der Waals surface area (Å²) in [7, 11) is -2.84. The van der Waals surface area contributed by atoms with E-state index < -0.39 is 32.5 Å². The van der Waals surface area contributed by atoms with Gasteiger partial charge in [0.15, 0.2) is 5.82 Å². The lowest BCUT2D eigenvalue weighted by atomic mass is 10.3. The quantitative estimate of drug-likeness (QED) is 0.498. The summed E-state index contributed by atoms with van der Waals surface area (Å²) in [5, 5.41) is 9.34. The van der Waals surface area contributed by atoms with E-state index in [0.29, 0.717) is 0 Å². The number of rotatable bonds is 6. The number of sulfonamides is 1. The number of hydrogen-bond donors (Lipinski definition) is 3. The van der Waals surface area contributed by atoms with Crippen molar-refractivity contribution in [2.45, 2.75) is 11.0 Å². The number of nitrogens with two attached hydrogens (primary N) is 1. The van der Waals surface area contributed by atoms with Crippen LogP contribution in [0.5, 0.6) is 0 Å². The van der Waals surface area contributed by atoms with Crippen LogP contribution in [0, 0.1) is 5.82 Å². The molecule has 0 spiro atoms. The Morgan fingerprint density at radius 1 is 1.65 bits per heavy atom. The number of hydrogen-bond acceptors (Lipinski definition) is 5. The second-order valence-electron chi connectivity index (χ2n) is 3.86. The summed E-state index contributed by atoms with van der Waals surface area (Å²) in [5.74, 6) is -1.12. The van der Waals surface area contributed by atoms with Crippen LogP contribution in [0.3, 0.4) is 0 Å². The van der Waals surface area contributed by atoms with Gasteiger partial charge in [0.1, 0.15) is 4.90 Å². The van der Waals surface area contributed by atoms with Gasteiger partial charge in [-0.2, -0.15) is 0 Å². The van der Waals surface area contributed by atoms with Crippen LogP contribution in [0.25, 0.3) is 0 Å². The van der Waals surface area contributed by atoms with E-state index in [1.165, 1.54) is 7.11 Å². The Balaban J connectivity index is 3.05. The molecular formula is C10H13BrClFN2O4S. The predicted octanol–water partition coefficient (Wildman–Crippen LogP) is 1.11. The molecule has 6 nitrogen and oxygen atoms in total. The summed E-state index contributed by atoms with van der Waals surface area (Å²) in [6.07, 6.45) is -1.05. The molecule has 4 N–H and O–H groups in total. The number of aliphatic hydroxyl groups excluding tert-OH is 1. The van der Waals surface area contributed by atoms with E-state index in [-0.39, 0.29) is 22.6 Å². The Kier molecular flexibility index (Phi) is 6.17. The van der Waals surface area contributed by atoms with E-state index in [9.17, 15) is 17.9 Å². The summed E-state index contributed by atoms with van der Waals surface area (Å²) >= 11 is 8.70. The minimum Gasteiger partial charge on any atom is -0.395 e. The highest BCUT2D eigenvalue weighted by Crippen LogP contribution is 2.34. The van der Waals surface area contributed by atoms with Crippen LogP contribution in [-0.4, -0.2) is 39.9 Å². The van der Waals surface area contributed by atoms with Crippen LogP contribution in [-0.2, 0) is 14.8 Å². The second-order valence-corrected chi connectivity index (χ2v) is 6.79. The molecule has 0 fully saturated rings. The van der Waals surface area contributed by atoms with Crippen LogP contribution >= 0.6 is 27.5 Å². The van der Waals surface area contributed by atoms with E-state index >= 15 is 0 Å². The maximum Gasteiger partial charge on any atom is 0.243 e. The zero-order valence-corrected chi connectivity index (χ0v) is 13.5. The number of methoxy groups -OCH3 is 1. The zero-order valence-electron chi connectivity index (χ0n) is 10.4. The normalized spacial score (nSPS) is 13.4. The predicted molar refractivity (Wildman–Crippen MR) is 76.6 cm³/mol. The van der Waals surface area contributed by atoms with Crippen molar-refractivity contribution in [2.24, 2.45) is 0 Å². The van der Waals surface area contributed by atoms with Crippen molar-refractivity contribution in [3.8, 4) is 0 Å². The summed E-state index contributed by atoms with van der Waals surface area (Å²) in [5.41, 5.74) is 5.01. The van der Waals surface area contributed by atoms with Gasteiger partial charge in [-0.3, -0.25) is 0 Å². The molecule has 0 heterocycles. The van der Waals surface area contributed by atoms with Crippen molar-refractivity contribution < 1.29 is 22.7 Å². The van der Waals surface area contributed by atoms with Crippen LogP contribution in [0.2, 0.25) is 5.02 Å². The Hall–Kier alpha value is -0.450. The van der Waals surface area contributed by atoms with Gasteiger partial charge in [0.2, 0.25) is 10.0 Å². The van der Waals surface area contributed by atoms with Crippen molar-refractivity contribution in [1.29, 1.82) is 0 Å². The third-order valence-corrected chi connectivity index (χ3v) is 5.12. The molecule has 20 heavy (non-hydrogen) atoms. The molecule has 0 aliphatic carbocycles. The molecule has 0 aromatic heterocycles. The molecule has 0 saturated carbocycles. The molecular weight excluding hydrogens is 379 g/mol. The van der Waals surface area contributed by atoms with Gasteiger partial charge in [0, 0.05) is 13.7 Å².